The monoisotopic (exact) mass is 260 g/mol. The third-order valence-corrected chi connectivity index (χ3v) is 7.69. The van der Waals surface area contributed by atoms with E-state index in [1.807, 2.05) is 50.0 Å². The minimum absolute atomic E-state index is 0.477. The molecule has 0 heterocycles. The van der Waals surface area contributed by atoms with Gasteiger partial charge in [-0.1, -0.05) is 50.0 Å². The van der Waals surface area contributed by atoms with E-state index in [4.69, 9.17) is 23.2 Å². The lowest BCUT2D eigenvalue weighted by atomic mass is 10.1. The van der Waals surface area contributed by atoms with E-state index in [-0.39, 0.29) is 0 Å². The Morgan fingerprint density at radius 3 is 2.00 bits per heavy atom. The van der Waals surface area contributed by atoms with Crippen molar-refractivity contribution < 1.29 is 4.79 Å². The van der Waals surface area contributed by atoms with Crippen molar-refractivity contribution in [3.8, 4) is 0 Å². The summed E-state index contributed by atoms with van der Waals surface area (Å²) < 4.78 is -1.03. The Labute approximate surface area is 101 Å². The van der Waals surface area contributed by atoms with Crippen LogP contribution in [0.15, 0.2) is 30.3 Å². The second-order valence-corrected chi connectivity index (χ2v) is 11.0. The van der Waals surface area contributed by atoms with Gasteiger partial charge in [0.2, 0.25) is 5.24 Å². The first-order chi connectivity index (χ1) is 6.80. The number of carbonyl (C=O) groups excluding carboxylic acids is 1. The molecule has 0 spiro atoms. The maximum Gasteiger partial charge on any atom is 0.243 e. The highest BCUT2D eigenvalue weighted by Crippen LogP contribution is 2.40. The van der Waals surface area contributed by atoms with Gasteiger partial charge in [0.05, 0.1) is 8.07 Å². The van der Waals surface area contributed by atoms with Gasteiger partial charge in [0, 0.05) is 0 Å². The fourth-order valence-electron chi connectivity index (χ4n) is 1.51. The second kappa shape index (κ2) is 4.28. The van der Waals surface area contributed by atoms with Gasteiger partial charge in [-0.25, -0.2) is 0 Å². The van der Waals surface area contributed by atoms with Gasteiger partial charge >= 0.3 is 0 Å². The molecule has 1 atom stereocenters. The summed E-state index contributed by atoms with van der Waals surface area (Å²) >= 11 is 12.1. The fraction of sp³-hybridized carbons (Fsp3) is 0.364. The van der Waals surface area contributed by atoms with Crippen molar-refractivity contribution in [3.63, 3.8) is 0 Å². The molecule has 0 bridgehead atoms. The smallest absolute Gasteiger partial charge is 0.243 e. The number of carbonyl (C=O) groups is 1. The van der Waals surface area contributed by atoms with Gasteiger partial charge < -0.3 is 0 Å². The van der Waals surface area contributed by atoms with E-state index in [2.05, 4.69) is 0 Å². The maximum atomic E-state index is 11.6. The normalized spacial score (nSPS) is 15.8. The predicted octanol–water partition coefficient (Wildman–Crippen LogP) is 3.76. The van der Waals surface area contributed by atoms with Crippen molar-refractivity contribution in [2.45, 2.75) is 24.1 Å². The molecular weight excluding hydrogens is 247 g/mol. The van der Waals surface area contributed by atoms with Crippen LogP contribution in [-0.4, -0.2) is 13.3 Å². The van der Waals surface area contributed by atoms with Crippen LogP contribution < -0.4 is 0 Å². The summed E-state index contributed by atoms with van der Waals surface area (Å²) in [6.07, 6.45) is 0. The predicted molar refractivity (Wildman–Crippen MR) is 68.2 cm³/mol. The summed E-state index contributed by atoms with van der Waals surface area (Å²) in [5, 5.41) is -0.477. The first-order valence-corrected chi connectivity index (χ1v) is 9.00. The van der Waals surface area contributed by atoms with E-state index in [0.717, 1.165) is 5.56 Å². The van der Waals surface area contributed by atoms with Crippen molar-refractivity contribution in [2.24, 2.45) is 0 Å². The topological polar surface area (TPSA) is 17.1 Å². The van der Waals surface area contributed by atoms with Crippen molar-refractivity contribution in [3.05, 3.63) is 35.9 Å². The summed E-state index contributed by atoms with van der Waals surface area (Å²) in [5.41, 5.74) is 0.797. The van der Waals surface area contributed by atoms with E-state index in [1.165, 1.54) is 0 Å². The van der Waals surface area contributed by atoms with Gasteiger partial charge in [0.25, 0.3) is 0 Å². The van der Waals surface area contributed by atoms with E-state index in [9.17, 15) is 4.79 Å². The highest BCUT2D eigenvalue weighted by Gasteiger charge is 2.48. The number of hydrogen-bond donors (Lipinski definition) is 0. The van der Waals surface area contributed by atoms with Crippen molar-refractivity contribution in [1.29, 1.82) is 0 Å². The summed E-state index contributed by atoms with van der Waals surface area (Å²) in [4.78, 5) is 11.6. The largest absolute Gasteiger partial charge is 0.279 e. The highest BCUT2D eigenvalue weighted by molar-refractivity contribution is 6.95. The third kappa shape index (κ3) is 2.27. The molecule has 1 nitrogen and oxygen atoms in total. The fourth-order valence-corrected chi connectivity index (χ4v) is 4.22. The standard InChI is InChI=1S/C11H14Cl2OSi/c1-15(2,3)11(13,10(12)14)9-7-5-4-6-8-9/h4-8H,1-3H3. The maximum absolute atomic E-state index is 11.6. The number of alkyl halides is 1. The first-order valence-electron chi connectivity index (χ1n) is 4.74. The second-order valence-electron chi connectivity index (χ2n) is 4.55. The summed E-state index contributed by atoms with van der Waals surface area (Å²) in [6, 6.07) is 9.33. The third-order valence-electron chi connectivity index (χ3n) is 2.48. The van der Waals surface area contributed by atoms with E-state index in [1.54, 1.807) is 0 Å². The lowest BCUT2D eigenvalue weighted by Crippen LogP contribution is -2.49. The molecule has 0 aliphatic rings. The molecule has 4 heteroatoms. The van der Waals surface area contributed by atoms with Gasteiger partial charge in [-0.15, -0.1) is 11.6 Å². The molecule has 0 aliphatic carbocycles. The summed E-state index contributed by atoms with van der Waals surface area (Å²) in [6.45, 7) is 6.10. The zero-order valence-corrected chi connectivity index (χ0v) is 11.6. The molecule has 0 saturated carbocycles. The van der Waals surface area contributed by atoms with Crippen LogP contribution in [0.3, 0.4) is 0 Å². The SMILES string of the molecule is C[Si](C)(C)C(Cl)(C(=O)Cl)c1ccccc1. The Balaban J connectivity index is 3.32. The van der Waals surface area contributed by atoms with Gasteiger partial charge in [0.15, 0.2) is 0 Å². The zero-order chi connectivity index (χ0) is 11.7. The molecule has 0 aliphatic heterocycles. The molecule has 0 N–H and O–H groups in total. The molecule has 0 fully saturated rings. The number of hydrogen-bond acceptors (Lipinski definition) is 1. The molecular formula is C11H14Cl2OSi. The lowest BCUT2D eigenvalue weighted by Gasteiger charge is -2.35. The molecule has 1 unspecified atom stereocenters. The molecule has 0 amide bonds. The highest BCUT2D eigenvalue weighted by atomic mass is 35.5. The minimum Gasteiger partial charge on any atom is -0.279 e. The number of halogens is 2. The van der Waals surface area contributed by atoms with Crippen LogP contribution >= 0.6 is 23.2 Å². The molecule has 1 aromatic rings. The Bertz CT molecular complexity index is 359. The first kappa shape index (κ1) is 12.8. The van der Waals surface area contributed by atoms with E-state index >= 15 is 0 Å². The molecule has 0 radical (unpaired) electrons. The van der Waals surface area contributed by atoms with E-state index in [0.29, 0.717) is 0 Å². The van der Waals surface area contributed by atoms with Crippen LogP contribution in [0.4, 0.5) is 0 Å². The Kier molecular flexibility index (Phi) is 3.64. The summed E-state index contributed by atoms with van der Waals surface area (Å²) in [5.74, 6) is 0. The lowest BCUT2D eigenvalue weighted by molar-refractivity contribution is -0.112. The summed E-state index contributed by atoms with van der Waals surface area (Å²) in [7, 11) is -1.93. The van der Waals surface area contributed by atoms with Gasteiger partial charge in [-0.05, 0) is 17.2 Å². The molecule has 1 rings (SSSR count). The molecule has 0 saturated heterocycles. The van der Waals surface area contributed by atoms with Crippen LogP contribution in [-0.2, 0) is 9.29 Å². The van der Waals surface area contributed by atoms with Gasteiger partial charge in [-0.2, -0.15) is 0 Å². The average molecular weight is 261 g/mol. The average Bonchev–Trinajstić information content (AvgIpc) is 2.16. The van der Waals surface area contributed by atoms with Crippen molar-refractivity contribution >= 4 is 36.5 Å². The van der Waals surface area contributed by atoms with Crippen LogP contribution in [0.5, 0.6) is 0 Å². The Morgan fingerprint density at radius 2 is 1.67 bits per heavy atom. The van der Waals surface area contributed by atoms with Gasteiger partial charge in [0.1, 0.15) is 4.50 Å². The van der Waals surface area contributed by atoms with Crippen LogP contribution in [0.25, 0.3) is 0 Å². The molecule has 15 heavy (non-hydrogen) atoms. The van der Waals surface area contributed by atoms with E-state index < -0.39 is 17.8 Å². The van der Waals surface area contributed by atoms with Crippen LogP contribution in [0.2, 0.25) is 19.6 Å². The zero-order valence-electron chi connectivity index (χ0n) is 9.05. The van der Waals surface area contributed by atoms with Crippen molar-refractivity contribution in [1.82, 2.24) is 0 Å². The van der Waals surface area contributed by atoms with Crippen molar-refractivity contribution in [2.75, 3.05) is 0 Å². The molecule has 0 aromatic heterocycles. The molecule has 1 aromatic carbocycles. The Morgan fingerprint density at radius 1 is 1.20 bits per heavy atom. The van der Waals surface area contributed by atoms with Gasteiger partial charge in [-0.3, -0.25) is 4.79 Å². The van der Waals surface area contributed by atoms with Crippen LogP contribution in [0, 0.1) is 0 Å². The number of rotatable bonds is 3. The minimum atomic E-state index is -1.93. The molecule has 82 valence electrons. The number of benzene rings is 1. The quantitative estimate of drug-likeness (QED) is 0.460. The van der Waals surface area contributed by atoms with Crippen LogP contribution in [0.1, 0.15) is 5.56 Å². The Hall–Kier alpha value is -0.313.